The van der Waals surface area contributed by atoms with Gasteiger partial charge in [-0.1, -0.05) is 0 Å². The standard InChI is InChI=1S/C8H15N3O.ClH/c1-11-6-10-7(12)8(11)2-4-9-5-3-8;/h9H,2-6H2,1H3,(H,10,12);1H. The highest BCUT2D eigenvalue weighted by atomic mass is 35.5. The molecular formula is C8H16ClN3O. The average molecular weight is 206 g/mol. The molecule has 0 bridgehead atoms. The summed E-state index contributed by atoms with van der Waals surface area (Å²) >= 11 is 0. The molecule has 0 unspecified atom stereocenters. The summed E-state index contributed by atoms with van der Waals surface area (Å²) in [5.74, 6) is 0.214. The van der Waals surface area contributed by atoms with Crippen molar-refractivity contribution < 1.29 is 4.79 Å². The zero-order valence-corrected chi connectivity index (χ0v) is 8.62. The zero-order valence-electron chi connectivity index (χ0n) is 7.80. The number of nitrogens with zero attached hydrogens (tertiary/aromatic N) is 1. The lowest BCUT2D eigenvalue weighted by atomic mass is 9.87. The minimum atomic E-state index is -0.189. The first-order chi connectivity index (χ1) is 5.76. The number of nitrogens with one attached hydrogen (secondary N) is 2. The lowest BCUT2D eigenvalue weighted by Gasteiger charge is -2.36. The van der Waals surface area contributed by atoms with Gasteiger partial charge in [0.25, 0.3) is 0 Å². The van der Waals surface area contributed by atoms with Gasteiger partial charge in [-0.2, -0.15) is 0 Å². The van der Waals surface area contributed by atoms with Crippen LogP contribution in [0.25, 0.3) is 0 Å². The van der Waals surface area contributed by atoms with Crippen molar-refractivity contribution in [2.45, 2.75) is 18.4 Å². The van der Waals surface area contributed by atoms with Gasteiger partial charge in [0, 0.05) is 0 Å². The summed E-state index contributed by atoms with van der Waals surface area (Å²) in [4.78, 5) is 13.7. The fourth-order valence-electron chi connectivity index (χ4n) is 2.13. The highest BCUT2D eigenvalue weighted by Gasteiger charge is 2.46. The van der Waals surface area contributed by atoms with Crippen LogP contribution in [0.1, 0.15) is 12.8 Å². The van der Waals surface area contributed by atoms with E-state index in [0.29, 0.717) is 6.67 Å². The van der Waals surface area contributed by atoms with Crippen molar-refractivity contribution in [3.05, 3.63) is 0 Å². The molecule has 0 aromatic rings. The van der Waals surface area contributed by atoms with Crippen molar-refractivity contribution in [2.75, 3.05) is 26.8 Å². The van der Waals surface area contributed by atoms with Crippen molar-refractivity contribution in [2.24, 2.45) is 0 Å². The second kappa shape index (κ2) is 3.82. The van der Waals surface area contributed by atoms with E-state index in [1.165, 1.54) is 0 Å². The fourth-order valence-corrected chi connectivity index (χ4v) is 2.13. The van der Waals surface area contributed by atoms with Crippen molar-refractivity contribution in [1.82, 2.24) is 15.5 Å². The summed E-state index contributed by atoms with van der Waals surface area (Å²) in [6.07, 6.45) is 1.88. The van der Waals surface area contributed by atoms with Gasteiger partial charge in [-0.05, 0) is 33.0 Å². The Hall–Kier alpha value is -0.320. The van der Waals surface area contributed by atoms with E-state index in [2.05, 4.69) is 15.5 Å². The van der Waals surface area contributed by atoms with Gasteiger partial charge in [0.1, 0.15) is 5.54 Å². The molecule has 2 aliphatic heterocycles. The van der Waals surface area contributed by atoms with Crippen LogP contribution in [0.3, 0.4) is 0 Å². The topological polar surface area (TPSA) is 44.4 Å². The largest absolute Gasteiger partial charge is 0.342 e. The highest BCUT2D eigenvalue weighted by molar-refractivity contribution is 5.88. The van der Waals surface area contributed by atoms with Crippen LogP contribution in [-0.4, -0.2) is 43.2 Å². The molecule has 2 N–H and O–H groups in total. The van der Waals surface area contributed by atoms with E-state index in [9.17, 15) is 4.79 Å². The molecule has 76 valence electrons. The van der Waals surface area contributed by atoms with E-state index in [-0.39, 0.29) is 23.9 Å². The Bertz CT molecular complexity index is 204. The minimum Gasteiger partial charge on any atom is -0.342 e. The molecule has 0 aromatic heterocycles. The summed E-state index contributed by atoms with van der Waals surface area (Å²) in [6.45, 7) is 2.62. The van der Waals surface area contributed by atoms with Gasteiger partial charge in [-0.3, -0.25) is 9.69 Å². The maximum atomic E-state index is 11.6. The van der Waals surface area contributed by atoms with Gasteiger partial charge in [-0.15, -0.1) is 12.4 Å². The molecule has 0 aromatic carbocycles. The quantitative estimate of drug-likeness (QED) is 0.563. The van der Waals surface area contributed by atoms with Gasteiger partial charge in [-0.25, -0.2) is 0 Å². The van der Waals surface area contributed by atoms with E-state index in [1.54, 1.807) is 0 Å². The van der Waals surface area contributed by atoms with Crippen LogP contribution < -0.4 is 10.6 Å². The van der Waals surface area contributed by atoms with E-state index >= 15 is 0 Å². The Balaban J connectivity index is 0.000000845. The van der Waals surface area contributed by atoms with Crippen LogP contribution in [0, 0.1) is 0 Å². The summed E-state index contributed by atoms with van der Waals surface area (Å²) in [6, 6.07) is 0. The van der Waals surface area contributed by atoms with Gasteiger partial charge < -0.3 is 10.6 Å². The summed E-state index contributed by atoms with van der Waals surface area (Å²) in [5, 5.41) is 6.16. The minimum absolute atomic E-state index is 0. The highest BCUT2D eigenvalue weighted by Crippen LogP contribution is 2.27. The second-order valence-corrected chi connectivity index (χ2v) is 3.64. The maximum absolute atomic E-state index is 11.6. The molecule has 0 saturated carbocycles. The number of hydrogen-bond acceptors (Lipinski definition) is 3. The summed E-state index contributed by atoms with van der Waals surface area (Å²) in [7, 11) is 2.02. The summed E-state index contributed by atoms with van der Waals surface area (Å²) < 4.78 is 0. The molecule has 2 rings (SSSR count). The fraction of sp³-hybridized carbons (Fsp3) is 0.875. The molecular weight excluding hydrogens is 190 g/mol. The third-order valence-corrected chi connectivity index (χ3v) is 3.06. The predicted molar refractivity (Wildman–Crippen MR) is 52.9 cm³/mol. The summed E-state index contributed by atoms with van der Waals surface area (Å²) in [5.41, 5.74) is -0.189. The van der Waals surface area contributed by atoms with Crippen molar-refractivity contribution in [1.29, 1.82) is 0 Å². The van der Waals surface area contributed by atoms with Crippen LogP contribution >= 0.6 is 12.4 Å². The molecule has 2 aliphatic rings. The molecule has 13 heavy (non-hydrogen) atoms. The zero-order chi connectivity index (χ0) is 8.60. The van der Waals surface area contributed by atoms with Crippen LogP contribution in [0.5, 0.6) is 0 Å². The lowest BCUT2D eigenvalue weighted by Crippen LogP contribution is -2.53. The Kier molecular flexibility index (Phi) is 3.16. The smallest absolute Gasteiger partial charge is 0.241 e. The number of carbonyl (C=O) groups is 1. The van der Waals surface area contributed by atoms with Gasteiger partial charge >= 0.3 is 0 Å². The number of rotatable bonds is 0. The van der Waals surface area contributed by atoms with Gasteiger partial charge in [0.05, 0.1) is 6.67 Å². The van der Waals surface area contributed by atoms with Crippen LogP contribution in [0.4, 0.5) is 0 Å². The van der Waals surface area contributed by atoms with Crippen LogP contribution in [0.2, 0.25) is 0 Å². The van der Waals surface area contributed by atoms with Gasteiger partial charge in [0.15, 0.2) is 0 Å². The van der Waals surface area contributed by atoms with Gasteiger partial charge in [0.2, 0.25) is 5.91 Å². The number of amides is 1. The van der Waals surface area contributed by atoms with Crippen LogP contribution in [-0.2, 0) is 4.79 Å². The Morgan fingerprint density at radius 2 is 2.00 bits per heavy atom. The van der Waals surface area contributed by atoms with E-state index in [0.717, 1.165) is 25.9 Å². The average Bonchev–Trinajstić information content (AvgIpc) is 2.36. The monoisotopic (exact) mass is 205 g/mol. The second-order valence-electron chi connectivity index (χ2n) is 3.64. The lowest BCUT2D eigenvalue weighted by molar-refractivity contribution is -0.127. The number of likely N-dealkylation sites (N-methyl/N-ethyl adjacent to an activating group) is 1. The SMILES string of the molecule is CN1CNC(=O)C12CCNCC2.Cl. The first kappa shape index (κ1) is 10.8. The Labute approximate surface area is 84.5 Å². The van der Waals surface area contributed by atoms with Crippen LogP contribution in [0.15, 0.2) is 0 Å². The molecule has 2 saturated heterocycles. The van der Waals surface area contributed by atoms with E-state index in [1.807, 2.05) is 7.05 Å². The van der Waals surface area contributed by atoms with Crippen molar-refractivity contribution >= 4 is 18.3 Å². The Morgan fingerprint density at radius 3 is 2.46 bits per heavy atom. The molecule has 0 aliphatic carbocycles. The number of halogens is 1. The normalized spacial score (nSPS) is 27.0. The molecule has 0 radical (unpaired) electrons. The molecule has 0 atom stereocenters. The molecule has 4 nitrogen and oxygen atoms in total. The number of carbonyl (C=O) groups excluding carboxylic acids is 1. The number of hydrogen-bond donors (Lipinski definition) is 2. The number of piperidine rings is 1. The molecule has 5 heteroatoms. The van der Waals surface area contributed by atoms with E-state index < -0.39 is 0 Å². The predicted octanol–water partition coefficient (Wildman–Crippen LogP) is -0.451. The Morgan fingerprint density at radius 1 is 1.38 bits per heavy atom. The maximum Gasteiger partial charge on any atom is 0.241 e. The molecule has 1 spiro atoms. The molecule has 2 fully saturated rings. The first-order valence-corrected chi connectivity index (χ1v) is 4.46. The molecule has 1 amide bonds. The van der Waals surface area contributed by atoms with Crippen molar-refractivity contribution in [3.63, 3.8) is 0 Å². The third-order valence-electron chi connectivity index (χ3n) is 3.06. The third kappa shape index (κ3) is 1.54. The molecule has 2 heterocycles. The first-order valence-electron chi connectivity index (χ1n) is 4.46. The van der Waals surface area contributed by atoms with Crippen molar-refractivity contribution in [3.8, 4) is 0 Å². The van der Waals surface area contributed by atoms with E-state index in [4.69, 9.17) is 0 Å².